The summed E-state index contributed by atoms with van der Waals surface area (Å²) in [6.45, 7) is 5.98. The van der Waals surface area contributed by atoms with Crippen LogP contribution in [0.3, 0.4) is 0 Å². The number of carbonyl (C=O) groups is 2. The smallest absolute Gasteiger partial charge is 0.330 e. The second-order valence-corrected chi connectivity index (χ2v) is 2.47. The minimum Gasteiger partial charge on any atom is -0.462 e. The van der Waals surface area contributed by atoms with Crippen LogP contribution in [-0.2, 0) is 14.3 Å². The molecule has 0 saturated heterocycles. The third-order valence-electron chi connectivity index (χ3n) is 1.31. The third kappa shape index (κ3) is 7.05. The fraction of sp³-hybridized carbons (Fsp3) is 0.556. The van der Waals surface area contributed by atoms with Crippen molar-refractivity contribution in [2.45, 2.75) is 19.8 Å². The highest BCUT2D eigenvalue weighted by atomic mass is 16.5. The molecular formula is C9H15NO3. The fourth-order valence-electron chi connectivity index (χ4n) is 0.656. The number of carbonyl (C=O) groups excluding carboxylic acids is 2. The van der Waals surface area contributed by atoms with Gasteiger partial charge in [-0.05, 0) is 6.42 Å². The number of nitrogens with one attached hydrogen (secondary N) is 1. The average Bonchev–Trinajstić information content (AvgIpc) is 2.14. The minimum atomic E-state index is -0.497. The highest BCUT2D eigenvalue weighted by Gasteiger charge is 2.01. The van der Waals surface area contributed by atoms with Gasteiger partial charge in [0.1, 0.15) is 6.61 Å². The van der Waals surface area contributed by atoms with Gasteiger partial charge in [0.25, 0.3) is 0 Å². The number of hydrogen-bond donors (Lipinski definition) is 1. The molecule has 0 radical (unpaired) electrons. The molecule has 0 aromatic heterocycles. The van der Waals surface area contributed by atoms with Gasteiger partial charge in [0.15, 0.2) is 0 Å². The van der Waals surface area contributed by atoms with E-state index in [4.69, 9.17) is 0 Å². The zero-order valence-corrected chi connectivity index (χ0v) is 7.84. The third-order valence-corrected chi connectivity index (χ3v) is 1.31. The van der Waals surface area contributed by atoms with Gasteiger partial charge >= 0.3 is 5.97 Å². The lowest BCUT2D eigenvalue weighted by Crippen LogP contribution is -2.25. The Hall–Kier alpha value is -1.32. The van der Waals surface area contributed by atoms with E-state index in [0.29, 0.717) is 6.54 Å². The summed E-state index contributed by atoms with van der Waals surface area (Å²) in [6, 6.07) is 0. The summed E-state index contributed by atoms with van der Waals surface area (Å²) in [5, 5.41) is 2.67. The first kappa shape index (κ1) is 11.7. The van der Waals surface area contributed by atoms with Gasteiger partial charge in [0.2, 0.25) is 5.91 Å². The molecule has 0 bridgehead atoms. The largest absolute Gasteiger partial charge is 0.462 e. The van der Waals surface area contributed by atoms with Crippen LogP contribution in [0, 0.1) is 0 Å². The molecule has 1 amide bonds. The molecule has 0 aliphatic rings. The van der Waals surface area contributed by atoms with Crippen molar-refractivity contribution in [3.05, 3.63) is 12.7 Å². The van der Waals surface area contributed by atoms with Gasteiger partial charge in [-0.15, -0.1) is 0 Å². The lowest BCUT2D eigenvalue weighted by molar-refractivity contribution is -0.138. The van der Waals surface area contributed by atoms with Crippen molar-refractivity contribution in [2.24, 2.45) is 0 Å². The lowest BCUT2D eigenvalue weighted by Gasteiger charge is -2.03. The van der Waals surface area contributed by atoms with Crippen molar-refractivity contribution in [2.75, 3.05) is 13.2 Å². The molecule has 74 valence electrons. The van der Waals surface area contributed by atoms with Crippen molar-refractivity contribution >= 4 is 11.9 Å². The van der Waals surface area contributed by atoms with E-state index < -0.39 is 5.97 Å². The molecule has 0 unspecified atom stereocenters. The van der Waals surface area contributed by atoms with Crippen LogP contribution < -0.4 is 5.32 Å². The Morgan fingerprint density at radius 2 is 2.23 bits per heavy atom. The summed E-state index contributed by atoms with van der Waals surface area (Å²) < 4.78 is 4.62. The quantitative estimate of drug-likeness (QED) is 0.488. The lowest BCUT2D eigenvalue weighted by atomic mass is 10.4. The van der Waals surface area contributed by atoms with E-state index in [9.17, 15) is 9.59 Å². The van der Waals surface area contributed by atoms with Crippen LogP contribution in [0.15, 0.2) is 12.7 Å². The molecule has 1 N–H and O–H groups in total. The number of esters is 1. The van der Waals surface area contributed by atoms with E-state index in [-0.39, 0.29) is 18.9 Å². The molecule has 0 aliphatic carbocycles. The molecule has 0 fully saturated rings. The zero-order chi connectivity index (χ0) is 10.1. The zero-order valence-electron chi connectivity index (χ0n) is 7.84. The minimum absolute atomic E-state index is 0.0984. The molecule has 4 heteroatoms. The van der Waals surface area contributed by atoms with Gasteiger partial charge in [-0.2, -0.15) is 0 Å². The molecule has 0 atom stereocenters. The number of ether oxygens (including phenoxy) is 1. The second-order valence-electron chi connectivity index (χ2n) is 2.47. The van der Waals surface area contributed by atoms with Crippen LogP contribution >= 0.6 is 0 Å². The first-order valence-electron chi connectivity index (χ1n) is 4.26. The van der Waals surface area contributed by atoms with Crippen molar-refractivity contribution in [3.63, 3.8) is 0 Å². The summed E-state index contributed by atoms with van der Waals surface area (Å²) in [6.07, 6.45) is 2.18. The molecule has 0 saturated carbocycles. The molecule has 0 aliphatic heterocycles. The highest BCUT2D eigenvalue weighted by molar-refractivity contribution is 5.81. The first-order chi connectivity index (χ1) is 6.20. The van der Waals surface area contributed by atoms with Crippen molar-refractivity contribution < 1.29 is 14.3 Å². The van der Waals surface area contributed by atoms with E-state index in [0.717, 1.165) is 12.5 Å². The van der Waals surface area contributed by atoms with Crippen LogP contribution in [0.5, 0.6) is 0 Å². The van der Waals surface area contributed by atoms with Crippen LogP contribution in [0.1, 0.15) is 19.8 Å². The topological polar surface area (TPSA) is 55.4 Å². The maximum atomic E-state index is 10.9. The van der Waals surface area contributed by atoms with E-state index in [2.05, 4.69) is 16.6 Å². The predicted molar refractivity (Wildman–Crippen MR) is 49.1 cm³/mol. The summed E-state index contributed by atoms with van der Waals surface area (Å²) in [5.74, 6) is -0.595. The van der Waals surface area contributed by atoms with E-state index in [1.54, 1.807) is 0 Å². The van der Waals surface area contributed by atoms with E-state index in [1.165, 1.54) is 0 Å². The number of amides is 1. The number of hydrogen-bond acceptors (Lipinski definition) is 3. The maximum Gasteiger partial charge on any atom is 0.330 e. The van der Waals surface area contributed by atoms with Gasteiger partial charge in [-0.1, -0.05) is 13.5 Å². The Balaban J connectivity index is 3.36. The Bertz CT molecular complexity index is 189. The Morgan fingerprint density at radius 3 is 2.77 bits per heavy atom. The summed E-state index contributed by atoms with van der Waals surface area (Å²) >= 11 is 0. The highest BCUT2D eigenvalue weighted by Crippen LogP contribution is 1.85. The maximum absolute atomic E-state index is 10.9. The Morgan fingerprint density at radius 1 is 1.54 bits per heavy atom. The molecule has 0 aromatic carbocycles. The second kappa shape index (κ2) is 7.34. The molecule has 0 spiro atoms. The van der Waals surface area contributed by atoms with Crippen LogP contribution in [0.25, 0.3) is 0 Å². The van der Waals surface area contributed by atoms with E-state index in [1.807, 2.05) is 6.92 Å². The molecular weight excluding hydrogens is 170 g/mol. The van der Waals surface area contributed by atoms with Gasteiger partial charge in [0.05, 0.1) is 6.42 Å². The van der Waals surface area contributed by atoms with E-state index >= 15 is 0 Å². The van der Waals surface area contributed by atoms with Crippen molar-refractivity contribution in [1.29, 1.82) is 0 Å². The van der Waals surface area contributed by atoms with Crippen LogP contribution in [0.2, 0.25) is 0 Å². The number of rotatable bonds is 6. The van der Waals surface area contributed by atoms with Crippen LogP contribution in [-0.4, -0.2) is 25.0 Å². The Kier molecular flexibility index (Phi) is 6.59. The van der Waals surface area contributed by atoms with Gasteiger partial charge < -0.3 is 10.1 Å². The average molecular weight is 185 g/mol. The molecule has 4 nitrogen and oxygen atoms in total. The standard InChI is InChI=1S/C9H15NO3/c1-3-6-10-8(11)5-7-13-9(12)4-2/h4H,2-3,5-7H2,1H3,(H,10,11). The van der Waals surface area contributed by atoms with Gasteiger partial charge in [-0.25, -0.2) is 4.79 Å². The summed E-state index contributed by atoms with van der Waals surface area (Å²) in [7, 11) is 0. The molecule has 13 heavy (non-hydrogen) atoms. The molecule has 0 rings (SSSR count). The van der Waals surface area contributed by atoms with Gasteiger partial charge in [0, 0.05) is 12.6 Å². The summed E-state index contributed by atoms with van der Waals surface area (Å²) in [4.78, 5) is 21.5. The molecule has 0 aromatic rings. The van der Waals surface area contributed by atoms with Crippen LogP contribution in [0.4, 0.5) is 0 Å². The van der Waals surface area contributed by atoms with Gasteiger partial charge in [-0.3, -0.25) is 4.79 Å². The predicted octanol–water partition coefficient (Wildman–Crippen LogP) is 0.632. The normalized spacial score (nSPS) is 9.00. The fourth-order valence-corrected chi connectivity index (χ4v) is 0.656. The van der Waals surface area contributed by atoms with Crippen molar-refractivity contribution in [1.82, 2.24) is 5.32 Å². The first-order valence-corrected chi connectivity index (χ1v) is 4.26. The monoisotopic (exact) mass is 185 g/mol. The summed E-state index contributed by atoms with van der Waals surface area (Å²) in [5.41, 5.74) is 0. The Labute approximate surface area is 78.0 Å². The SMILES string of the molecule is C=CC(=O)OCCC(=O)NCCC. The van der Waals surface area contributed by atoms with Crippen molar-refractivity contribution in [3.8, 4) is 0 Å². The molecule has 0 heterocycles.